The Kier molecular flexibility index (Phi) is 11.0. The Balaban J connectivity index is 1.40. The molecule has 0 spiro atoms. The van der Waals surface area contributed by atoms with Crippen LogP contribution in [0.3, 0.4) is 0 Å². The van der Waals surface area contributed by atoms with E-state index in [2.05, 4.69) is 40.1 Å². The fourth-order valence-electron chi connectivity index (χ4n) is 6.24. The maximum Gasteiger partial charge on any atom is 0.695 e. The SMILES string of the molecule is COc1ccc(C(OC[C@H]2O[C@@H](n3cc(Br)c4c(=O)[nH]c(NCC(C)C)nc43)C[C@@H]2O[P+](=O)O)(c2ccccc2)c2ccc(OC)cc2)cc1. The molecule has 12 nitrogen and oxygen atoms in total. The van der Waals surface area contributed by atoms with Gasteiger partial charge in [0.2, 0.25) is 5.95 Å². The molecule has 1 fully saturated rings. The van der Waals surface area contributed by atoms with Gasteiger partial charge in [-0.25, -0.2) is 0 Å². The van der Waals surface area contributed by atoms with Crippen molar-refractivity contribution in [2.24, 2.45) is 5.92 Å². The largest absolute Gasteiger partial charge is 0.695 e. The fourth-order valence-corrected chi connectivity index (χ4v) is 7.28. The lowest BCUT2D eigenvalue weighted by Crippen LogP contribution is -2.38. The van der Waals surface area contributed by atoms with E-state index >= 15 is 0 Å². The van der Waals surface area contributed by atoms with Gasteiger partial charge in [-0.3, -0.25) is 9.78 Å². The zero-order chi connectivity index (χ0) is 35.4. The molecule has 1 unspecified atom stereocenters. The van der Waals surface area contributed by atoms with E-state index in [0.717, 1.165) is 16.7 Å². The van der Waals surface area contributed by atoms with Crippen LogP contribution in [0.2, 0.25) is 0 Å². The lowest BCUT2D eigenvalue weighted by atomic mass is 9.80. The zero-order valence-corrected chi connectivity index (χ0v) is 30.5. The van der Waals surface area contributed by atoms with E-state index in [1.54, 1.807) is 25.0 Å². The van der Waals surface area contributed by atoms with Gasteiger partial charge in [0, 0.05) is 23.7 Å². The highest BCUT2D eigenvalue weighted by Gasteiger charge is 2.46. The lowest BCUT2D eigenvalue weighted by Gasteiger charge is -2.37. The van der Waals surface area contributed by atoms with Gasteiger partial charge in [-0.1, -0.05) is 68.4 Å². The van der Waals surface area contributed by atoms with Gasteiger partial charge in [-0.15, -0.1) is 9.42 Å². The van der Waals surface area contributed by atoms with E-state index in [4.69, 9.17) is 28.5 Å². The van der Waals surface area contributed by atoms with Crippen LogP contribution < -0.4 is 20.3 Å². The van der Waals surface area contributed by atoms with Crippen LogP contribution in [0.5, 0.6) is 11.5 Å². The molecule has 14 heteroatoms. The number of hydrogen-bond donors (Lipinski definition) is 3. The Labute approximate surface area is 298 Å². The molecule has 5 aromatic rings. The quantitative estimate of drug-likeness (QED) is 0.0806. The number of H-pyrrole nitrogens is 1. The smallest absolute Gasteiger partial charge is 0.497 e. The van der Waals surface area contributed by atoms with Crippen LogP contribution in [0.25, 0.3) is 11.0 Å². The number of fused-ring (bicyclic) bond motifs is 1. The lowest BCUT2D eigenvalue weighted by molar-refractivity contribution is -0.0902. The second-order valence-electron chi connectivity index (χ2n) is 12.3. The summed E-state index contributed by atoms with van der Waals surface area (Å²) in [5.41, 5.74) is 1.41. The average Bonchev–Trinajstić information content (AvgIpc) is 3.68. The standard InChI is InChI=1S/C36H38BrN4O8P/c1-22(2)19-38-35-39-33-32(34(42)40-35)28(37)20-41(33)31-18-29(49-50(43)44)30(48-31)21-47-36(23-8-6-5-7-9-23,24-10-14-26(45-3)15-11-24)25-12-16-27(46-4)17-13-25/h5-17,20,22,29-31H,18-19,21H2,1-4H3,(H2-,38,39,40,42,43,44)/p+1/t29-,30+,31+/m0/s1. The maximum absolute atomic E-state index is 13.1. The van der Waals surface area contributed by atoms with Gasteiger partial charge in [0.15, 0.2) is 5.65 Å². The Morgan fingerprint density at radius 3 is 2.18 bits per heavy atom. The molecule has 3 aromatic carbocycles. The van der Waals surface area contributed by atoms with Crippen LogP contribution in [-0.2, 0) is 24.2 Å². The van der Waals surface area contributed by atoms with Crippen LogP contribution in [0.1, 0.15) is 43.2 Å². The first-order valence-electron chi connectivity index (χ1n) is 16.1. The summed E-state index contributed by atoms with van der Waals surface area (Å²) in [6.07, 6.45) is -0.393. The molecule has 3 heterocycles. The van der Waals surface area contributed by atoms with Crippen molar-refractivity contribution in [1.29, 1.82) is 0 Å². The molecule has 1 aliphatic rings. The molecule has 1 aliphatic heterocycles. The summed E-state index contributed by atoms with van der Waals surface area (Å²) in [4.78, 5) is 30.5. The second kappa shape index (κ2) is 15.4. The minimum atomic E-state index is -2.97. The summed E-state index contributed by atoms with van der Waals surface area (Å²) < 4.78 is 44.4. The van der Waals surface area contributed by atoms with Crippen LogP contribution in [0, 0.1) is 5.92 Å². The van der Waals surface area contributed by atoms with E-state index in [9.17, 15) is 14.3 Å². The Hall–Kier alpha value is -4.10. The normalized spacial score (nSPS) is 18.1. The molecule has 50 heavy (non-hydrogen) atoms. The van der Waals surface area contributed by atoms with Crippen molar-refractivity contribution in [3.8, 4) is 11.5 Å². The first-order valence-corrected chi connectivity index (χ1v) is 18.1. The highest BCUT2D eigenvalue weighted by Crippen LogP contribution is 2.44. The number of aromatic nitrogens is 3. The molecular formula is C36H39BrN4O8P+. The summed E-state index contributed by atoms with van der Waals surface area (Å²) in [5, 5.41) is 3.53. The predicted molar refractivity (Wildman–Crippen MR) is 193 cm³/mol. The minimum absolute atomic E-state index is 0.0349. The summed E-state index contributed by atoms with van der Waals surface area (Å²) in [7, 11) is 0.252. The number of methoxy groups -OCH3 is 2. The minimum Gasteiger partial charge on any atom is -0.497 e. The third-order valence-corrected chi connectivity index (χ3v) is 9.72. The Morgan fingerprint density at radius 2 is 1.62 bits per heavy atom. The molecule has 262 valence electrons. The number of nitrogens with zero attached hydrogens (tertiary/aromatic N) is 2. The molecule has 3 N–H and O–H groups in total. The molecule has 0 amide bonds. The Morgan fingerprint density at radius 1 is 1.02 bits per heavy atom. The summed E-state index contributed by atoms with van der Waals surface area (Å²) >= 11 is 3.51. The fraction of sp³-hybridized carbons (Fsp3) is 0.333. The van der Waals surface area contributed by atoms with E-state index in [1.165, 1.54) is 0 Å². The average molecular weight is 767 g/mol. The van der Waals surface area contributed by atoms with Crippen molar-refractivity contribution in [1.82, 2.24) is 14.5 Å². The molecule has 0 saturated carbocycles. The summed E-state index contributed by atoms with van der Waals surface area (Å²) in [6.45, 7) is 4.69. The van der Waals surface area contributed by atoms with Gasteiger partial charge in [-0.05, 0) is 62.8 Å². The van der Waals surface area contributed by atoms with Crippen molar-refractivity contribution in [3.05, 3.63) is 117 Å². The van der Waals surface area contributed by atoms with Crippen molar-refractivity contribution in [2.75, 3.05) is 32.7 Å². The molecule has 2 aromatic heterocycles. The van der Waals surface area contributed by atoms with Crippen molar-refractivity contribution >= 4 is 41.2 Å². The van der Waals surface area contributed by atoms with Gasteiger partial charge < -0.3 is 28.8 Å². The molecule has 4 atom stereocenters. The number of hydrogen-bond acceptors (Lipinski definition) is 9. The van der Waals surface area contributed by atoms with E-state index < -0.39 is 32.3 Å². The number of aromatic amines is 1. The molecule has 0 aliphatic carbocycles. The number of nitrogens with one attached hydrogen (secondary N) is 2. The highest BCUT2D eigenvalue weighted by molar-refractivity contribution is 9.10. The number of rotatable bonds is 14. The number of anilines is 1. The molecule has 6 rings (SSSR count). The van der Waals surface area contributed by atoms with Crippen LogP contribution in [-0.4, -0.2) is 59.0 Å². The first-order chi connectivity index (χ1) is 24.1. The van der Waals surface area contributed by atoms with Crippen LogP contribution in [0.15, 0.2) is 94.3 Å². The van der Waals surface area contributed by atoms with E-state index in [1.807, 2.05) is 78.9 Å². The van der Waals surface area contributed by atoms with Gasteiger partial charge in [0.05, 0.1) is 30.7 Å². The molecule has 0 radical (unpaired) electrons. The number of ether oxygens (including phenoxy) is 4. The van der Waals surface area contributed by atoms with Gasteiger partial charge >= 0.3 is 8.25 Å². The number of benzene rings is 3. The second-order valence-corrected chi connectivity index (χ2v) is 13.9. The van der Waals surface area contributed by atoms with Crippen LogP contribution >= 0.6 is 24.2 Å². The third-order valence-electron chi connectivity index (χ3n) is 8.67. The molecule has 1 saturated heterocycles. The summed E-state index contributed by atoms with van der Waals surface area (Å²) in [6, 6.07) is 25.1. The monoisotopic (exact) mass is 765 g/mol. The zero-order valence-electron chi connectivity index (χ0n) is 28.0. The summed E-state index contributed by atoms with van der Waals surface area (Å²) in [5.74, 6) is 2.03. The van der Waals surface area contributed by atoms with E-state index in [-0.39, 0.29) is 18.6 Å². The van der Waals surface area contributed by atoms with Crippen molar-refractivity contribution in [2.45, 2.75) is 44.3 Å². The predicted octanol–water partition coefficient (Wildman–Crippen LogP) is 6.90. The van der Waals surface area contributed by atoms with Gasteiger partial charge in [0.25, 0.3) is 5.56 Å². The Bertz CT molecular complexity index is 1940. The highest BCUT2D eigenvalue weighted by atomic mass is 79.9. The van der Waals surface area contributed by atoms with E-state index in [0.29, 0.717) is 45.4 Å². The van der Waals surface area contributed by atoms with Gasteiger partial charge in [-0.2, -0.15) is 4.98 Å². The molecule has 0 bridgehead atoms. The third kappa shape index (κ3) is 7.34. The maximum atomic E-state index is 13.1. The van der Waals surface area contributed by atoms with Crippen molar-refractivity contribution < 1.29 is 32.9 Å². The number of halogens is 1. The molecular weight excluding hydrogens is 727 g/mol. The topological polar surface area (TPSA) is 146 Å². The van der Waals surface area contributed by atoms with Crippen molar-refractivity contribution in [3.63, 3.8) is 0 Å². The first kappa shape index (κ1) is 35.7. The van der Waals surface area contributed by atoms with Gasteiger partial charge in [0.1, 0.15) is 35.5 Å². The van der Waals surface area contributed by atoms with Crippen LogP contribution in [0.4, 0.5) is 5.95 Å².